The summed E-state index contributed by atoms with van der Waals surface area (Å²) in [6, 6.07) is 0. The maximum absolute atomic E-state index is 11.6. The van der Waals surface area contributed by atoms with Gasteiger partial charge in [0.2, 0.25) is 5.91 Å². The van der Waals surface area contributed by atoms with E-state index in [1.165, 1.54) is 83.5 Å². The molecule has 29 heavy (non-hydrogen) atoms. The van der Waals surface area contributed by atoms with E-state index in [9.17, 15) is 9.59 Å². The van der Waals surface area contributed by atoms with Gasteiger partial charge in [0.1, 0.15) is 0 Å². The number of ether oxygens (including phenoxy) is 1. The Morgan fingerprint density at radius 1 is 0.759 bits per heavy atom. The second-order valence-electron chi connectivity index (χ2n) is 7.43. The van der Waals surface area contributed by atoms with Crippen molar-refractivity contribution < 1.29 is 14.3 Å². The summed E-state index contributed by atoms with van der Waals surface area (Å²) in [7, 11) is 0. The highest BCUT2D eigenvalue weighted by Gasteiger charge is 2.02. The Hall–Kier alpha value is -1.43. The van der Waals surface area contributed by atoms with Crippen molar-refractivity contribution in [2.45, 2.75) is 104 Å². The van der Waals surface area contributed by atoms with Gasteiger partial charge in [-0.05, 0) is 25.6 Å². The van der Waals surface area contributed by atoms with Gasteiger partial charge in [-0.3, -0.25) is 10.1 Å². The fraction of sp³-hybridized carbons (Fsp3) is 0.783. The average molecular weight is 427 g/mol. The van der Waals surface area contributed by atoms with Gasteiger partial charge in [0, 0.05) is 18.7 Å². The molecule has 2 N–H and O–H groups in total. The highest BCUT2D eigenvalue weighted by molar-refractivity contribution is 7.80. The van der Waals surface area contributed by atoms with E-state index in [0.29, 0.717) is 5.11 Å². The van der Waals surface area contributed by atoms with E-state index < -0.39 is 11.9 Å². The Morgan fingerprint density at radius 2 is 1.24 bits per heavy atom. The van der Waals surface area contributed by atoms with Crippen LogP contribution in [0.15, 0.2) is 12.2 Å². The topological polar surface area (TPSA) is 67.4 Å². The highest BCUT2D eigenvalue weighted by atomic mass is 32.1. The van der Waals surface area contributed by atoms with Crippen LogP contribution in [0.2, 0.25) is 0 Å². The molecule has 0 aliphatic rings. The first-order chi connectivity index (χ1) is 14.1. The molecule has 6 heteroatoms. The summed E-state index contributed by atoms with van der Waals surface area (Å²) in [5.41, 5.74) is 0. The first-order valence-corrected chi connectivity index (χ1v) is 11.9. The highest BCUT2D eigenvalue weighted by Crippen LogP contribution is 2.12. The minimum absolute atomic E-state index is 0.282. The van der Waals surface area contributed by atoms with Crippen molar-refractivity contribution in [2.24, 2.45) is 0 Å². The molecule has 0 aromatic carbocycles. The van der Waals surface area contributed by atoms with Crippen molar-refractivity contribution >= 4 is 29.2 Å². The summed E-state index contributed by atoms with van der Waals surface area (Å²) in [4.78, 5) is 22.7. The lowest BCUT2D eigenvalue weighted by molar-refractivity contribution is -0.137. The van der Waals surface area contributed by atoms with E-state index in [0.717, 1.165) is 25.1 Å². The van der Waals surface area contributed by atoms with Crippen LogP contribution in [0.25, 0.3) is 0 Å². The third-order valence-electron chi connectivity index (χ3n) is 4.71. The number of carbonyl (C=O) groups is 2. The summed E-state index contributed by atoms with van der Waals surface area (Å²) in [6.45, 7) is 5.01. The molecule has 0 spiro atoms. The molecule has 1 amide bonds. The average Bonchev–Trinajstić information content (AvgIpc) is 2.69. The zero-order valence-electron chi connectivity index (χ0n) is 18.6. The van der Waals surface area contributed by atoms with E-state index in [1.54, 1.807) is 6.92 Å². The monoisotopic (exact) mass is 426 g/mol. The first-order valence-electron chi connectivity index (χ1n) is 11.5. The van der Waals surface area contributed by atoms with E-state index in [1.807, 2.05) is 0 Å². The summed E-state index contributed by atoms with van der Waals surface area (Å²) in [6.07, 6.45) is 20.8. The van der Waals surface area contributed by atoms with Gasteiger partial charge in [0.25, 0.3) is 0 Å². The number of thiocarbonyl (C=S) groups is 1. The SMILES string of the molecule is CCCCCCCCCCCCCCCCNC(=S)NC(=O)/C=C/C(=O)OCC. The van der Waals surface area contributed by atoms with E-state index in [2.05, 4.69) is 17.6 Å². The standard InChI is InChI=1S/C23H42N2O3S/c1-3-5-6-7-8-9-10-11-12-13-14-15-16-17-20-24-23(29)25-21(26)18-19-22(27)28-4-2/h18-19H,3-17,20H2,1-2H3,(H2,24,25,26,29)/b19-18+. The number of nitrogens with one attached hydrogen (secondary N) is 2. The fourth-order valence-corrected chi connectivity index (χ4v) is 3.26. The van der Waals surface area contributed by atoms with Crippen LogP contribution in [0, 0.1) is 0 Å². The van der Waals surface area contributed by atoms with Gasteiger partial charge in [-0.1, -0.05) is 90.4 Å². The van der Waals surface area contributed by atoms with Gasteiger partial charge < -0.3 is 10.1 Å². The Kier molecular flexibility index (Phi) is 20.2. The maximum Gasteiger partial charge on any atom is 0.330 e. The molecule has 0 aromatic rings. The minimum Gasteiger partial charge on any atom is -0.463 e. The number of hydrogen-bond acceptors (Lipinski definition) is 4. The number of unbranched alkanes of at least 4 members (excludes halogenated alkanes) is 13. The van der Waals surface area contributed by atoms with Crippen LogP contribution < -0.4 is 10.6 Å². The predicted octanol–water partition coefficient (Wildman–Crippen LogP) is 5.58. The maximum atomic E-state index is 11.6. The molecule has 0 rings (SSSR count). The zero-order chi connectivity index (χ0) is 21.6. The van der Waals surface area contributed by atoms with Crippen molar-refractivity contribution in [3.63, 3.8) is 0 Å². The number of amides is 1. The third-order valence-corrected chi connectivity index (χ3v) is 4.96. The molecule has 0 atom stereocenters. The quantitative estimate of drug-likeness (QED) is 0.130. The first kappa shape index (κ1) is 27.6. The molecular weight excluding hydrogens is 384 g/mol. The molecule has 0 aliphatic carbocycles. The Labute approximate surface area is 183 Å². The van der Waals surface area contributed by atoms with Crippen LogP contribution in [0.4, 0.5) is 0 Å². The number of esters is 1. The Morgan fingerprint density at radius 3 is 1.72 bits per heavy atom. The molecule has 0 unspecified atom stereocenters. The van der Waals surface area contributed by atoms with Crippen molar-refractivity contribution in [3.8, 4) is 0 Å². The van der Waals surface area contributed by atoms with Crippen molar-refractivity contribution in [1.82, 2.24) is 10.6 Å². The van der Waals surface area contributed by atoms with Crippen LogP contribution in [-0.2, 0) is 14.3 Å². The molecule has 168 valence electrons. The van der Waals surface area contributed by atoms with E-state index in [4.69, 9.17) is 17.0 Å². The summed E-state index contributed by atoms with van der Waals surface area (Å²) in [5.74, 6) is -0.972. The largest absolute Gasteiger partial charge is 0.463 e. The van der Waals surface area contributed by atoms with E-state index >= 15 is 0 Å². The smallest absolute Gasteiger partial charge is 0.330 e. The number of hydrogen-bond donors (Lipinski definition) is 2. The summed E-state index contributed by atoms with van der Waals surface area (Å²) < 4.78 is 4.70. The summed E-state index contributed by atoms with van der Waals surface area (Å²) >= 11 is 5.07. The van der Waals surface area contributed by atoms with Crippen LogP contribution in [0.1, 0.15) is 104 Å². The van der Waals surface area contributed by atoms with Gasteiger partial charge in [-0.2, -0.15) is 0 Å². The van der Waals surface area contributed by atoms with Crippen LogP contribution in [0.3, 0.4) is 0 Å². The molecule has 5 nitrogen and oxygen atoms in total. The summed E-state index contributed by atoms with van der Waals surface area (Å²) in [5, 5.41) is 5.82. The lowest BCUT2D eigenvalue weighted by Crippen LogP contribution is -2.38. The van der Waals surface area contributed by atoms with Gasteiger partial charge in [0.05, 0.1) is 6.61 Å². The molecular formula is C23H42N2O3S. The van der Waals surface area contributed by atoms with Crippen LogP contribution >= 0.6 is 12.2 Å². The van der Waals surface area contributed by atoms with Gasteiger partial charge in [-0.15, -0.1) is 0 Å². The van der Waals surface area contributed by atoms with Crippen molar-refractivity contribution in [2.75, 3.05) is 13.2 Å². The number of carbonyl (C=O) groups excluding carboxylic acids is 2. The minimum atomic E-state index is -0.538. The van der Waals surface area contributed by atoms with E-state index in [-0.39, 0.29) is 6.61 Å². The van der Waals surface area contributed by atoms with Gasteiger partial charge >= 0.3 is 5.97 Å². The lowest BCUT2D eigenvalue weighted by Gasteiger charge is -2.08. The molecule has 0 bridgehead atoms. The van der Waals surface area contributed by atoms with Gasteiger partial charge in [0.15, 0.2) is 5.11 Å². The van der Waals surface area contributed by atoms with Crippen LogP contribution in [-0.4, -0.2) is 30.1 Å². The Bertz CT molecular complexity index is 467. The molecule has 0 fully saturated rings. The van der Waals surface area contributed by atoms with Crippen molar-refractivity contribution in [3.05, 3.63) is 12.2 Å². The predicted molar refractivity (Wildman–Crippen MR) is 125 cm³/mol. The molecule has 0 saturated carbocycles. The van der Waals surface area contributed by atoms with Crippen molar-refractivity contribution in [1.29, 1.82) is 0 Å². The molecule has 0 heterocycles. The lowest BCUT2D eigenvalue weighted by atomic mass is 10.0. The second kappa shape index (κ2) is 21.3. The normalized spacial score (nSPS) is 10.8. The number of rotatable bonds is 18. The third kappa shape index (κ3) is 21.1. The fourth-order valence-electron chi connectivity index (χ4n) is 3.05. The molecule has 0 radical (unpaired) electrons. The second-order valence-corrected chi connectivity index (χ2v) is 7.83. The Balaban J connectivity index is 3.38. The molecule has 0 aromatic heterocycles. The van der Waals surface area contributed by atoms with Crippen LogP contribution in [0.5, 0.6) is 0 Å². The van der Waals surface area contributed by atoms with Gasteiger partial charge in [-0.25, -0.2) is 4.79 Å². The molecule has 0 aliphatic heterocycles. The molecule has 0 saturated heterocycles. The zero-order valence-corrected chi connectivity index (χ0v) is 19.4.